The SMILES string of the molecule is COc1ccc(NCC(O)c2ccc(N)cc2)nc1. The molecular formula is C14H17N3O2. The molecule has 2 aromatic rings. The van der Waals surface area contributed by atoms with Crippen LogP contribution in [0.2, 0.25) is 0 Å². The van der Waals surface area contributed by atoms with Crippen LogP contribution in [0.15, 0.2) is 42.6 Å². The summed E-state index contributed by atoms with van der Waals surface area (Å²) < 4.78 is 5.02. The van der Waals surface area contributed by atoms with Gasteiger partial charge in [-0.1, -0.05) is 12.1 Å². The molecule has 1 unspecified atom stereocenters. The van der Waals surface area contributed by atoms with Crippen molar-refractivity contribution < 1.29 is 9.84 Å². The average Bonchev–Trinajstić information content (AvgIpc) is 2.46. The van der Waals surface area contributed by atoms with Gasteiger partial charge in [0.2, 0.25) is 0 Å². The Morgan fingerprint density at radius 3 is 2.58 bits per heavy atom. The number of aromatic nitrogens is 1. The largest absolute Gasteiger partial charge is 0.495 e. The maximum Gasteiger partial charge on any atom is 0.137 e. The van der Waals surface area contributed by atoms with Crippen LogP contribution in [0.5, 0.6) is 5.75 Å². The van der Waals surface area contributed by atoms with E-state index in [0.29, 0.717) is 23.8 Å². The van der Waals surface area contributed by atoms with Crippen molar-refractivity contribution in [2.75, 3.05) is 24.7 Å². The first-order valence-corrected chi connectivity index (χ1v) is 5.96. The molecule has 0 amide bonds. The second-order valence-electron chi connectivity index (χ2n) is 4.15. The standard InChI is InChI=1S/C14H17N3O2/c1-19-12-6-7-14(16-8-12)17-9-13(18)10-2-4-11(15)5-3-10/h2-8,13,18H,9,15H2,1H3,(H,16,17). The van der Waals surface area contributed by atoms with Gasteiger partial charge in [0.15, 0.2) is 0 Å². The number of benzene rings is 1. The van der Waals surface area contributed by atoms with Gasteiger partial charge >= 0.3 is 0 Å². The van der Waals surface area contributed by atoms with Crippen LogP contribution < -0.4 is 15.8 Å². The number of nitrogens with zero attached hydrogens (tertiary/aromatic N) is 1. The number of aliphatic hydroxyl groups excluding tert-OH is 1. The maximum atomic E-state index is 10.0. The van der Waals surface area contributed by atoms with Crippen molar-refractivity contribution in [1.29, 1.82) is 0 Å². The van der Waals surface area contributed by atoms with Gasteiger partial charge in [-0.05, 0) is 29.8 Å². The van der Waals surface area contributed by atoms with Crippen LogP contribution in [0.25, 0.3) is 0 Å². The van der Waals surface area contributed by atoms with Gasteiger partial charge in [0.05, 0.1) is 19.4 Å². The lowest BCUT2D eigenvalue weighted by Gasteiger charge is -2.13. The fourth-order valence-electron chi connectivity index (χ4n) is 1.64. The monoisotopic (exact) mass is 259 g/mol. The maximum absolute atomic E-state index is 10.0. The molecule has 4 N–H and O–H groups in total. The van der Waals surface area contributed by atoms with E-state index in [9.17, 15) is 5.11 Å². The Balaban J connectivity index is 1.92. The highest BCUT2D eigenvalue weighted by Gasteiger charge is 2.07. The van der Waals surface area contributed by atoms with E-state index in [2.05, 4.69) is 10.3 Å². The Morgan fingerprint density at radius 1 is 1.26 bits per heavy atom. The molecule has 0 saturated carbocycles. The summed E-state index contributed by atoms with van der Waals surface area (Å²) >= 11 is 0. The number of nitrogens with two attached hydrogens (primary N) is 1. The van der Waals surface area contributed by atoms with Crippen molar-refractivity contribution in [3.8, 4) is 5.75 Å². The average molecular weight is 259 g/mol. The highest BCUT2D eigenvalue weighted by atomic mass is 16.5. The zero-order valence-corrected chi connectivity index (χ0v) is 10.7. The molecule has 1 heterocycles. The molecule has 1 aromatic carbocycles. The lowest BCUT2D eigenvalue weighted by atomic mass is 10.1. The van der Waals surface area contributed by atoms with Crippen molar-refractivity contribution >= 4 is 11.5 Å². The molecule has 1 aromatic heterocycles. The van der Waals surface area contributed by atoms with E-state index in [4.69, 9.17) is 10.5 Å². The van der Waals surface area contributed by atoms with Gasteiger partial charge in [-0.25, -0.2) is 4.98 Å². The van der Waals surface area contributed by atoms with Crippen LogP contribution in [0.4, 0.5) is 11.5 Å². The van der Waals surface area contributed by atoms with Gasteiger partial charge in [-0.3, -0.25) is 0 Å². The van der Waals surface area contributed by atoms with E-state index in [0.717, 1.165) is 5.56 Å². The molecule has 19 heavy (non-hydrogen) atoms. The molecule has 0 aliphatic heterocycles. The Hall–Kier alpha value is -2.27. The third-order valence-corrected chi connectivity index (χ3v) is 2.77. The number of ether oxygens (including phenoxy) is 1. The second kappa shape index (κ2) is 6.06. The first-order valence-electron chi connectivity index (χ1n) is 5.96. The first kappa shape index (κ1) is 13.2. The molecule has 0 saturated heterocycles. The molecule has 5 heteroatoms. The van der Waals surface area contributed by atoms with Crippen molar-refractivity contribution in [2.45, 2.75) is 6.10 Å². The van der Waals surface area contributed by atoms with Crippen LogP contribution in [0.1, 0.15) is 11.7 Å². The topological polar surface area (TPSA) is 80.4 Å². The van der Waals surface area contributed by atoms with E-state index < -0.39 is 6.10 Å². The Bertz CT molecular complexity index is 511. The van der Waals surface area contributed by atoms with Gasteiger partial charge < -0.3 is 20.9 Å². The van der Waals surface area contributed by atoms with Gasteiger partial charge in [0.25, 0.3) is 0 Å². The Morgan fingerprint density at radius 2 is 2.00 bits per heavy atom. The smallest absolute Gasteiger partial charge is 0.137 e. The molecule has 2 rings (SSSR count). The highest BCUT2D eigenvalue weighted by Crippen LogP contribution is 2.16. The van der Waals surface area contributed by atoms with Crippen molar-refractivity contribution in [2.24, 2.45) is 0 Å². The van der Waals surface area contributed by atoms with Crippen molar-refractivity contribution in [3.63, 3.8) is 0 Å². The van der Waals surface area contributed by atoms with E-state index in [-0.39, 0.29) is 0 Å². The quantitative estimate of drug-likeness (QED) is 0.714. The summed E-state index contributed by atoms with van der Waals surface area (Å²) in [7, 11) is 1.59. The first-order chi connectivity index (χ1) is 9.19. The lowest BCUT2D eigenvalue weighted by molar-refractivity contribution is 0.191. The minimum Gasteiger partial charge on any atom is -0.495 e. The Kier molecular flexibility index (Phi) is 4.20. The lowest BCUT2D eigenvalue weighted by Crippen LogP contribution is -2.12. The molecule has 0 aliphatic carbocycles. The third kappa shape index (κ3) is 3.59. The molecule has 0 radical (unpaired) electrons. The molecule has 0 spiro atoms. The predicted octanol–water partition coefficient (Wildman–Crippen LogP) is 1.82. The summed E-state index contributed by atoms with van der Waals surface area (Å²) in [4.78, 5) is 4.16. The zero-order valence-electron chi connectivity index (χ0n) is 10.7. The van der Waals surface area contributed by atoms with E-state index >= 15 is 0 Å². The number of aliphatic hydroxyl groups is 1. The predicted molar refractivity (Wildman–Crippen MR) is 75.1 cm³/mol. The molecule has 1 atom stereocenters. The third-order valence-electron chi connectivity index (χ3n) is 2.77. The summed E-state index contributed by atoms with van der Waals surface area (Å²) in [6.45, 7) is 0.378. The second-order valence-corrected chi connectivity index (χ2v) is 4.15. The van der Waals surface area contributed by atoms with Crippen LogP contribution in [0.3, 0.4) is 0 Å². The summed E-state index contributed by atoms with van der Waals surface area (Å²) in [5, 5.41) is 13.1. The number of anilines is 2. The van der Waals surface area contributed by atoms with Crippen molar-refractivity contribution in [1.82, 2.24) is 4.98 Å². The molecular weight excluding hydrogens is 242 g/mol. The van der Waals surface area contributed by atoms with Crippen LogP contribution in [0, 0.1) is 0 Å². The number of hydrogen-bond acceptors (Lipinski definition) is 5. The fourth-order valence-corrected chi connectivity index (χ4v) is 1.64. The van der Waals surface area contributed by atoms with Gasteiger partial charge in [-0.15, -0.1) is 0 Å². The van der Waals surface area contributed by atoms with Crippen LogP contribution in [-0.2, 0) is 0 Å². The normalized spacial score (nSPS) is 11.9. The summed E-state index contributed by atoms with van der Waals surface area (Å²) in [6, 6.07) is 10.8. The summed E-state index contributed by atoms with van der Waals surface area (Å²) in [5.74, 6) is 1.39. The summed E-state index contributed by atoms with van der Waals surface area (Å²) in [5.41, 5.74) is 7.10. The molecule has 5 nitrogen and oxygen atoms in total. The molecule has 0 aliphatic rings. The van der Waals surface area contributed by atoms with Crippen LogP contribution in [-0.4, -0.2) is 23.7 Å². The van der Waals surface area contributed by atoms with Gasteiger partial charge in [-0.2, -0.15) is 0 Å². The fraction of sp³-hybridized carbons (Fsp3) is 0.214. The van der Waals surface area contributed by atoms with Gasteiger partial charge in [0, 0.05) is 12.2 Å². The number of methoxy groups -OCH3 is 1. The van der Waals surface area contributed by atoms with E-state index in [1.165, 1.54) is 0 Å². The number of pyridine rings is 1. The highest BCUT2D eigenvalue weighted by molar-refractivity contribution is 5.41. The van der Waals surface area contributed by atoms with Crippen molar-refractivity contribution in [3.05, 3.63) is 48.2 Å². The molecule has 0 bridgehead atoms. The Labute approximate surface area is 112 Å². The van der Waals surface area contributed by atoms with Gasteiger partial charge in [0.1, 0.15) is 11.6 Å². The molecule has 0 fully saturated rings. The number of rotatable bonds is 5. The zero-order chi connectivity index (χ0) is 13.7. The molecule has 100 valence electrons. The minimum atomic E-state index is -0.607. The number of hydrogen-bond donors (Lipinski definition) is 3. The number of nitrogens with one attached hydrogen (secondary N) is 1. The van der Waals surface area contributed by atoms with E-state index in [1.807, 2.05) is 18.2 Å². The number of nitrogen functional groups attached to an aromatic ring is 1. The van der Waals surface area contributed by atoms with Crippen LogP contribution >= 0.6 is 0 Å². The minimum absolute atomic E-state index is 0.378. The summed E-state index contributed by atoms with van der Waals surface area (Å²) in [6.07, 6.45) is 1.02. The van der Waals surface area contributed by atoms with E-state index in [1.54, 1.807) is 31.5 Å².